The maximum atomic E-state index is 12.9. The van der Waals surface area contributed by atoms with Gasteiger partial charge >= 0.3 is 0 Å². The van der Waals surface area contributed by atoms with Crippen molar-refractivity contribution in [1.29, 1.82) is 0 Å². The number of fused-ring (bicyclic) bond motifs is 1. The lowest BCUT2D eigenvalue weighted by Gasteiger charge is -2.16. The summed E-state index contributed by atoms with van der Waals surface area (Å²) in [5.74, 6) is -0.214. The first-order valence-electron chi connectivity index (χ1n) is 10.5. The first-order valence-corrected chi connectivity index (χ1v) is 11.4. The lowest BCUT2D eigenvalue weighted by molar-refractivity contribution is 0.0868. The molecule has 5 rings (SSSR count). The molecule has 3 aromatic heterocycles. The van der Waals surface area contributed by atoms with Crippen molar-refractivity contribution >= 4 is 27.5 Å². The number of aliphatic hydroxyl groups excluding tert-OH is 1. The molecule has 0 radical (unpaired) electrons. The highest BCUT2D eigenvalue weighted by atomic mass is 32.1. The number of pyridine rings is 1. The van der Waals surface area contributed by atoms with Gasteiger partial charge in [0.1, 0.15) is 5.69 Å². The van der Waals surface area contributed by atoms with Gasteiger partial charge in [0.25, 0.3) is 5.91 Å². The molecule has 1 aliphatic rings. The Morgan fingerprint density at radius 1 is 1.29 bits per heavy atom. The number of rotatable bonds is 5. The predicted octanol–water partition coefficient (Wildman–Crippen LogP) is 4.02. The zero-order valence-electron chi connectivity index (χ0n) is 17.3. The zero-order chi connectivity index (χ0) is 21.4. The van der Waals surface area contributed by atoms with Crippen molar-refractivity contribution in [3.63, 3.8) is 0 Å². The summed E-state index contributed by atoms with van der Waals surface area (Å²) in [6.45, 7) is 2.02. The summed E-state index contributed by atoms with van der Waals surface area (Å²) in [4.78, 5) is 17.6. The Labute approximate surface area is 184 Å². The summed E-state index contributed by atoms with van der Waals surface area (Å²) in [6.07, 6.45) is 6.40. The molecule has 4 aromatic rings. The third kappa shape index (κ3) is 3.98. The van der Waals surface area contributed by atoms with Gasteiger partial charge in [-0.25, -0.2) is 9.67 Å². The van der Waals surface area contributed by atoms with Gasteiger partial charge in [0, 0.05) is 12.4 Å². The molecule has 1 aromatic carbocycles. The molecule has 7 heteroatoms. The van der Waals surface area contributed by atoms with Crippen LogP contribution in [0.3, 0.4) is 0 Å². The molecule has 3 heterocycles. The molecule has 31 heavy (non-hydrogen) atoms. The van der Waals surface area contributed by atoms with Gasteiger partial charge in [-0.15, -0.1) is 11.3 Å². The van der Waals surface area contributed by atoms with E-state index < -0.39 is 6.10 Å². The molecule has 1 aliphatic carbocycles. The molecule has 1 saturated carbocycles. The van der Waals surface area contributed by atoms with Crippen molar-refractivity contribution in [1.82, 2.24) is 20.1 Å². The molecular weight excluding hydrogens is 408 g/mol. The second-order valence-electron chi connectivity index (χ2n) is 8.14. The molecule has 1 amide bonds. The van der Waals surface area contributed by atoms with E-state index in [0.29, 0.717) is 12.1 Å². The Balaban J connectivity index is 1.44. The average Bonchev–Trinajstić information content (AvgIpc) is 3.52. The standard InChI is InChI=1S/C24H24N4O2S/c1-15-14-31-23-17(12-16-6-8-18(9-7-16)28-11-3-10-25-28)13-20(26-22(15)23)24(30)27-19-4-2-5-21(19)29/h3,6-11,13-14,19,21,29H,2,4-5,12H2,1H3,(H,27,30)/t19-,21-/m1/s1. The molecule has 1 fully saturated rings. The summed E-state index contributed by atoms with van der Waals surface area (Å²) in [7, 11) is 0. The van der Waals surface area contributed by atoms with Crippen molar-refractivity contribution < 1.29 is 9.90 Å². The first-order chi connectivity index (χ1) is 15.1. The van der Waals surface area contributed by atoms with Gasteiger partial charge in [-0.3, -0.25) is 4.79 Å². The number of aliphatic hydroxyl groups is 1. The maximum Gasteiger partial charge on any atom is 0.270 e. The monoisotopic (exact) mass is 432 g/mol. The highest BCUT2D eigenvalue weighted by Crippen LogP contribution is 2.30. The van der Waals surface area contributed by atoms with Crippen molar-refractivity contribution in [3.8, 4) is 5.69 Å². The van der Waals surface area contributed by atoms with Gasteiger partial charge in [0.2, 0.25) is 0 Å². The molecule has 2 atom stereocenters. The van der Waals surface area contributed by atoms with E-state index in [1.807, 2.05) is 29.9 Å². The van der Waals surface area contributed by atoms with Crippen LogP contribution >= 0.6 is 11.3 Å². The third-order valence-electron chi connectivity index (χ3n) is 5.91. The molecule has 0 bridgehead atoms. The van der Waals surface area contributed by atoms with E-state index in [2.05, 4.69) is 45.0 Å². The molecule has 0 spiro atoms. The van der Waals surface area contributed by atoms with Crippen molar-refractivity contribution in [2.45, 2.75) is 44.8 Å². The van der Waals surface area contributed by atoms with Crippen molar-refractivity contribution in [2.75, 3.05) is 0 Å². The van der Waals surface area contributed by atoms with Gasteiger partial charge < -0.3 is 10.4 Å². The van der Waals surface area contributed by atoms with E-state index in [9.17, 15) is 9.90 Å². The molecule has 2 N–H and O–H groups in total. The van der Waals surface area contributed by atoms with Gasteiger partial charge in [0.15, 0.2) is 0 Å². The Hall–Kier alpha value is -3.03. The zero-order valence-corrected chi connectivity index (χ0v) is 18.1. The SMILES string of the molecule is Cc1csc2c(Cc3ccc(-n4cccn4)cc3)cc(C(=O)N[C@@H]3CCC[C@H]3O)nc12. The first kappa shape index (κ1) is 19.9. The van der Waals surface area contributed by atoms with E-state index in [1.54, 1.807) is 17.5 Å². The van der Waals surface area contributed by atoms with Crippen molar-refractivity contribution in [2.24, 2.45) is 0 Å². The number of aryl methyl sites for hydroxylation is 1. The van der Waals surface area contributed by atoms with Crippen LogP contribution in [0.25, 0.3) is 15.9 Å². The minimum absolute atomic E-state index is 0.188. The Kier molecular flexibility index (Phi) is 5.29. The fourth-order valence-corrected chi connectivity index (χ4v) is 5.20. The van der Waals surface area contributed by atoms with Gasteiger partial charge in [-0.2, -0.15) is 5.10 Å². The summed E-state index contributed by atoms with van der Waals surface area (Å²) >= 11 is 1.67. The molecule has 0 unspecified atom stereocenters. The summed E-state index contributed by atoms with van der Waals surface area (Å²) < 4.78 is 2.95. The van der Waals surface area contributed by atoms with Crippen LogP contribution in [0.15, 0.2) is 54.2 Å². The van der Waals surface area contributed by atoms with Crippen LogP contribution in [-0.2, 0) is 6.42 Å². The summed E-state index contributed by atoms with van der Waals surface area (Å²) in [5.41, 5.74) is 5.63. The highest BCUT2D eigenvalue weighted by molar-refractivity contribution is 7.17. The van der Waals surface area contributed by atoms with Crippen LogP contribution in [0.5, 0.6) is 0 Å². The Morgan fingerprint density at radius 2 is 2.13 bits per heavy atom. The molecule has 0 aliphatic heterocycles. The van der Waals surface area contributed by atoms with E-state index in [0.717, 1.165) is 51.9 Å². The maximum absolute atomic E-state index is 12.9. The second kappa shape index (κ2) is 8.24. The van der Waals surface area contributed by atoms with Crippen LogP contribution in [0.2, 0.25) is 0 Å². The number of aromatic nitrogens is 3. The molecule has 158 valence electrons. The minimum atomic E-state index is -0.469. The number of hydrogen-bond acceptors (Lipinski definition) is 5. The lowest BCUT2D eigenvalue weighted by atomic mass is 10.0. The minimum Gasteiger partial charge on any atom is -0.391 e. The fraction of sp³-hybridized carbons (Fsp3) is 0.292. The number of hydrogen-bond donors (Lipinski definition) is 2. The van der Waals surface area contributed by atoms with Crippen LogP contribution in [0.1, 0.15) is 46.4 Å². The van der Waals surface area contributed by atoms with E-state index in [4.69, 9.17) is 0 Å². The lowest BCUT2D eigenvalue weighted by Crippen LogP contribution is -2.40. The average molecular weight is 433 g/mol. The topological polar surface area (TPSA) is 80.0 Å². The summed E-state index contributed by atoms with van der Waals surface area (Å²) in [5, 5.41) is 19.4. The van der Waals surface area contributed by atoms with E-state index in [1.165, 1.54) is 0 Å². The van der Waals surface area contributed by atoms with Crippen LogP contribution < -0.4 is 5.32 Å². The Morgan fingerprint density at radius 3 is 2.84 bits per heavy atom. The van der Waals surface area contributed by atoms with Gasteiger partial charge in [-0.05, 0) is 78.9 Å². The number of carbonyl (C=O) groups excluding carboxylic acids is 1. The number of benzene rings is 1. The highest BCUT2D eigenvalue weighted by Gasteiger charge is 2.27. The van der Waals surface area contributed by atoms with Crippen LogP contribution in [0, 0.1) is 6.92 Å². The number of thiophene rings is 1. The normalized spacial score (nSPS) is 18.5. The Bertz CT molecular complexity index is 1210. The van der Waals surface area contributed by atoms with Crippen LogP contribution in [0.4, 0.5) is 0 Å². The van der Waals surface area contributed by atoms with Gasteiger partial charge in [0.05, 0.1) is 28.0 Å². The van der Waals surface area contributed by atoms with Gasteiger partial charge in [-0.1, -0.05) is 12.1 Å². The molecular formula is C24H24N4O2S. The number of nitrogens with zero attached hydrogens (tertiary/aromatic N) is 3. The summed E-state index contributed by atoms with van der Waals surface area (Å²) in [6, 6.07) is 11.9. The molecule has 0 saturated heterocycles. The second-order valence-corrected chi connectivity index (χ2v) is 9.01. The fourth-order valence-electron chi connectivity index (χ4n) is 4.19. The third-order valence-corrected chi connectivity index (χ3v) is 7.07. The van der Waals surface area contributed by atoms with E-state index in [-0.39, 0.29) is 11.9 Å². The number of nitrogens with one attached hydrogen (secondary N) is 1. The van der Waals surface area contributed by atoms with E-state index >= 15 is 0 Å². The number of carbonyl (C=O) groups is 1. The number of amides is 1. The molecule has 6 nitrogen and oxygen atoms in total. The quantitative estimate of drug-likeness (QED) is 0.499. The van der Waals surface area contributed by atoms with Crippen molar-refractivity contribution in [3.05, 3.63) is 76.6 Å². The predicted molar refractivity (Wildman–Crippen MR) is 122 cm³/mol. The van der Waals surface area contributed by atoms with Crippen LogP contribution in [-0.4, -0.2) is 37.9 Å². The smallest absolute Gasteiger partial charge is 0.270 e. The largest absolute Gasteiger partial charge is 0.391 e.